The summed E-state index contributed by atoms with van der Waals surface area (Å²) in [5.74, 6) is 0.0770. The number of hydrogen-bond acceptors (Lipinski definition) is 2. The maximum atomic E-state index is 11.4. The van der Waals surface area contributed by atoms with Gasteiger partial charge in [-0.25, -0.2) is 0 Å². The quantitative estimate of drug-likeness (QED) is 0.858. The average molecular weight is 321 g/mol. The van der Waals surface area contributed by atoms with E-state index in [-0.39, 0.29) is 11.9 Å². The van der Waals surface area contributed by atoms with Crippen LogP contribution in [0.15, 0.2) is 6.20 Å². The molecule has 0 atom stereocenters. The molecule has 1 amide bonds. The number of carbonyl (C=O) groups is 1. The lowest BCUT2D eigenvalue weighted by Gasteiger charge is -2.07. The molecule has 0 fully saturated rings. The van der Waals surface area contributed by atoms with Gasteiger partial charge in [-0.1, -0.05) is 0 Å². The van der Waals surface area contributed by atoms with Crippen molar-refractivity contribution in [3.63, 3.8) is 0 Å². The first-order chi connectivity index (χ1) is 6.99. The molecule has 1 heterocycles. The first kappa shape index (κ1) is 12.5. The summed E-state index contributed by atoms with van der Waals surface area (Å²) in [6.07, 6.45) is 2.44. The number of aryl methyl sites for hydroxylation is 2. The molecule has 0 aliphatic rings. The van der Waals surface area contributed by atoms with E-state index in [9.17, 15) is 4.79 Å². The van der Waals surface area contributed by atoms with E-state index < -0.39 is 0 Å². The van der Waals surface area contributed by atoms with Gasteiger partial charge < -0.3 is 5.32 Å². The minimum absolute atomic E-state index is 0.0770. The number of halogens is 1. The summed E-state index contributed by atoms with van der Waals surface area (Å²) in [5, 5.41) is 7.14. The third-order valence-corrected chi connectivity index (χ3v) is 2.96. The first-order valence-corrected chi connectivity index (χ1v) is 6.06. The summed E-state index contributed by atoms with van der Waals surface area (Å²) in [6, 6.07) is 0.206. The molecule has 1 rings (SSSR count). The number of carbonyl (C=O) groups excluding carboxylic acids is 1. The Kier molecular flexibility index (Phi) is 4.56. The summed E-state index contributed by atoms with van der Waals surface area (Å²) in [5.41, 5.74) is 1.01. The second-order valence-electron chi connectivity index (χ2n) is 3.80. The van der Waals surface area contributed by atoms with Gasteiger partial charge in [0, 0.05) is 25.2 Å². The predicted molar refractivity (Wildman–Crippen MR) is 67.6 cm³/mol. The number of nitrogens with zero attached hydrogens (tertiary/aromatic N) is 2. The monoisotopic (exact) mass is 321 g/mol. The van der Waals surface area contributed by atoms with Crippen LogP contribution in [0.5, 0.6) is 0 Å². The van der Waals surface area contributed by atoms with Crippen LogP contribution < -0.4 is 5.32 Å². The van der Waals surface area contributed by atoms with Gasteiger partial charge in [-0.3, -0.25) is 9.48 Å². The van der Waals surface area contributed by atoms with Crippen molar-refractivity contribution in [2.24, 2.45) is 0 Å². The topological polar surface area (TPSA) is 46.9 Å². The first-order valence-electron chi connectivity index (χ1n) is 4.98. The van der Waals surface area contributed by atoms with Crippen molar-refractivity contribution in [3.8, 4) is 0 Å². The molecule has 0 aliphatic carbocycles. The molecule has 15 heavy (non-hydrogen) atoms. The Hall–Kier alpha value is -0.590. The average Bonchev–Trinajstić information content (AvgIpc) is 2.42. The van der Waals surface area contributed by atoms with Crippen molar-refractivity contribution in [2.75, 3.05) is 0 Å². The molecule has 0 bridgehead atoms. The molecule has 5 heteroatoms. The van der Waals surface area contributed by atoms with E-state index in [1.165, 1.54) is 0 Å². The molecule has 1 N–H and O–H groups in total. The minimum atomic E-state index is 0.0770. The fraction of sp³-hybridized carbons (Fsp3) is 0.600. The van der Waals surface area contributed by atoms with Crippen molar-refractivity contribution in [3.05, 3.63) is 15.5 Å². The molecule has 1 aromatic rings. The van der Waals surface area contributed by atoms with Gasteiger partial charge in [0.15, 0.2) is 0 Å². The Bertz CT molecular complexity index is 327. The lowest BCUT2D eigenvalue weighted by atomic mass is 10.3. The van der Waals surface area contributed by atoms with Crippen LogP contribution in [0.2, 0.25) is 0 Å². The van der Waals surface area contributed by atoms with E-state index in [0.29, 0.717) is 13.0 Å². The molecule has 0 unspecified atom stereocenters. The standard InChI is InChI=1S/C10H16IN3O/c1-7(2)12-10(15)4-5-14-6-9(11)8(3)13-14/h6-7H,4-5H2,1-3H3,(H,12,15). The summed E-state index contributed by atoms with van der Waals surface area (Å²) < 4.78 is 2.95. The molecule has 0 saturated heterocycles. The van der Waals surface area contributed by atoms with E-state index in [1.54, 1.807) is 0 Å². The summed E-state index contributed by atoms with van der Waals surface area (Å²) in [4.78, 5) is 11.4. The number of amides is 1. The summed E-state index contributed by atoms with van der Waals surface area (Å²) in [7, 11) is 0. The van der Waals surface area contributed by atoms with Gasteiger partial charge in [-0.05, 0) is 43.4 Å². The Morgan fingerprint density at radius 2 is 2.33 bits per heavy atom. The lowest BCUT2D eigenvalue weighted by molar-refractivity contribution is -0.121. The molecule has 0 aliphatic heterocycles. The maximum Gasteiger partial charge on any atom is 0.222 e. The molecule has 1 aromatic heterocycles. The Balaban J connectivity index is 2.40. The van der Waals surface area contributed by atoms with Crippen molar-refractivity contribution in [1.29, 1.82) is 0 Å². The Morgan fingerprint density at radius 1 is 1.67 bits per heavy atom. The summed E-state index contributed by atoms with van der Waals surface area (Å²) in [6.45, 7) is 6.52. The molecule has 0 spiro atoms. The van der Waals surface area contributed by atoms with Crippen molar-refractivity contribution < 1.29 is 4.79 Å². The van der Waals surface area contributed by atoms with Crippen LogP contribution in [0.1, 0.15) is 26.0 Å². The van der Waals surface area contributed by atoms with Crippen molar-refractivity contribution in [1.82, 2.24) is 15.1 Å². The molecule has 0 aromatic carbocycles. The maximum absolute atomic E-state index is 11.4. The normalized spacial score (nSPS) is 10.7. The zero-order valence-electron chi connectivity index (χ0n) is 9.25. The highest BCUT2D eigenvalue weighted by atomic mass is 127. The zero-order chi connectivity index (χ0) is 11.4. The molecule has 0 radical (unpaired) electrons. The van der Waals surface area contributed by atoms with E-state index >= 15 is 0 Å². The molecule has 84 valence electrons. The third-order valence-electron chi connectivity index (χ3n) is 1.90. The fourth-order valence-corrected chi connectivity index (χ4v) is 1.65. The van der Waals surface area contributed by atoms with E-state index in [1.807, 2.05) is 31.6 Å². The zero-order valence-corrected chi connectivity index (χ0v) is 11.4. The van der Waals surface area contributed by atoms with Gasteiger partial charge in [0.2, 0.25) is 5.91 Å². The molecule has 4 nitrogen and oxygen atoms in total. The number of nitrogens with one attached hydrogen (secondary N) is 1. The SMILES string of the molecule is Cc1nn(CCC(=O)NC(C)C)cc1I. The number of rotatable bonds is 4. The highest BCUT2D eigenvalue weighted by Crippen LogP contribution is 2.08. The van der Waals surface area contributed by atoms with E-state index in [4.69, 9.17) is 0 Å². The second kappa shape index (κ2) is 5.48. The van der Waals surface area contributed by atoms with Crippen LogP contribution in [0.3, 0.4) is 0 Å². The van der Waals surface area contributed by atoms with Crippen molar-refractivity contribution >= 4 is 28.5 Å². The molecular weight excluding hydrogens is 305 g/mol. The minimum Gasteiger partial charge on any atom is -0.354 e. The van der Waals surface area contributed by atoms with Gasteiger partial charge in [-0.2, -0.15) is 5.10 Å². The summed E-state index contributed by atoms with van der Waals surface area (Å²) >= 11 is 2.24. The van der Waals surface area contributed by atoms with Gasteiger partial charge >= 0.3 is 0 Å². The van der Waals surface area contributed by atoms with E-state index in [0.717, 1.165) is 9.26 Å². The van der Waals surface area contributed by atoms with Crippen LogP contribution in [0.4, 0.5) is 0 Å². The van der Waals surface area contributed by atoms with Crippen LogP contribution in [-0.2, 0) is 11.3 Å². The Morgan fingerprint density at radius 3 is 2.80 bits per heavy atom. The number of hydrogen-bond donors (Lipinski definition) is 1. The fourth-order valence-electron chi connectivity index (χ4n) is 1.22. The van der Waals surface area contributed by atoms with Crippen LogP contribution in [0.25, 0.3) is 0 Å². The van der Waals surface area contributed by atoms with Gasteiger partial charge in [0.25, 0.3) is 0 Å². The van der Waals surface area contributed by atoms with Gasteiger partial charge in [0.1, 0.15) is 0 Å². The van der Waals surface area contributed by atoms with Crippen molar-refractivity contribution in [2.45, 2.75) is 39.8 Å². The highest BCUT2D eigenvalue weighted by molar-refractivity contribution is 14.1. The van der Waals surface area contributed by atoms with E-state index in [2.05, 4.69) is 33.0 Å². The van der Waals surface area contributed by atoms with Crippen LogP contribution >= 0.6 is 22.6 Å². The smallest absolute Gasteiger partial charge is 0.222 e. The Labute approximate surface area is 104 Å². The lowest BCUT2D eigenvalue weighted by Crippen LogP contribution is -2.30. The largest absolute Gasteiger partial charge is 0.354 e. The highest BCUT2D eigenvalue weighted by Gasteiger charge is 2.05. The third kappa shape index (κ3) is 4.19. The van der Waals surface area contributed by atoms with Crippen LogP contribution in [0, 0.1) is 10.5 Å². The van der Waals surface area contributed by atoms with Crippen LogP contribution in [-0.4, -0.2) is 21.7 Å². The molecule has 0 saturated carbocycles. The predicted octanol–water partition coefficient (Wildman–Crippen LogP) is 1.71. The number of aromatic nitrogens is 2. The van der Waals surface area contributed by atoms with Gasteiger partial charge in [-0.15, -0.1) is 0 Å². The van der Waals surface area contributed by atoms with Gasteiger partial charge in [0.05, 0.1) is 9.26 Å². The second-order valence-corrected chi connectivity index (χ2v) is 4.96. The molecular formula is C10H16IN3O.